The number of halogens is 4. The van der Waals surface area contributed by atoms with Gasteiger partial charge < -0.3 is 19.8 Å². The first-order chi connectivity index (χ1) is 17.5. The molecule has 5 aromatic rings. The number of aromatic amines is 1. The first kappa shape index (κ1) is 24.4. The summed E-state index contributed by atoms with van der Waals surface area (Å²) in [7, 11) is 0. The van der Waals surface area contributed by atoms with E-state index in [1.54, 1.807) is 6.07 Å². The van der Waals surface area contributed by atoms with E-state index in [-0.39, 0.29) is 33.1 Å². The van der Waals surface area contributed by atoms with Crippen molar-refractivity contribution in [2.75, 3.05) is 5.32 Å². The van der Waals surface area contributed by atoms with Crippen LogP contribution in [0, 0.1) is 0 Å². The number of para-hydroxylation sites is 1. The number of pyridine rings is 1. The van der Waals surface area contributed by atoms with Gasteiger partial charge in [-0.05, 0) is 43.3 Å². The minimum Gasteiger partial charge on any atom is -0.476 e. The lowest BCUT2D eigenvalue weighted by atomic mass is 9.99. The number of nitrogens with zero attached hydrogens (tertiary/aromatic N) is 1. The predicted molar refractivity (Wildman–Crippen MR) is 133 cm³/mol. The van der Waals surface area contributed by atoms with Crippen molar-refractivity contribution in [3.63, 3.8) is 0 Å². The standard InChI is InChI=1S/C26H17ClF3N3O4/c1-12(31-18-6-7-22(27)33-23(18)25(35)36)15-9-14(26(28,29)30)10-16-20(34)11-21(37-24(15)16)19-8-13-4-2-3-5-17(13)32-19/h2-12,31-32H,1H3,(H,35,36). The smallest absolute Gasteiger partial charge is 0.416 e. The van der Waals surface area contributed by atoms with Crippen molar-refractivity contribution in [3.8, 4) is 11.5 Å². The minimum absolute atomic E-state index is 0.00572. The fraction of sp³-hybridized carbons (Fsp3) is 0.115. The topological polar surface area (TPSA) is 108 Å². The summed E-state index contributed by atoms with van der Waals surface area (Å²) in [6, 6.07) is 13.7. The molecule has 0 radical (unpaired) electrons. The van der Waals surface area contributed by atoms with Crippen LogP contribution < -0.4 is 10.7 Å². The lowest BCUT2D eigenvalue weighted by Crippen LogP contribution is -2.15. The maximum atomic E-state index is 13.7. The maximum Gasteiger partial charge on any atom is 0.416 e. The number of aromatic carboxylic acids is 1. The van der Waals surface area contributed by atoms with Crippen molar-refractivity contribution in [1.29, 1.82) is 0 Å². The number of carboxylic acids is 1. The second kappa shape index (κ2) is 8.97. The number of carbonyl (C=O) groups is 1. The number of aromatic nitrogens is 2. The molecule has 5 rings (SSSR count). The highest BCUT2D eigenvalue weighted by Gasteiger charge is 2.33. The van der Waals surface area contributed by atoms with Gasteiger partial charge in [0.2, 0.25) is 0 Å². The second-order valence-electron chi connectivity index (χ2n) is 8.39. The van der Waals surface area contributed by atoms with E-state index < -0.39 is 34.9 Å². The number of rotatable bonds is 5. The number of fused-ring (bicyclic) bond motifs is 2. The van der Waals surface area contributed by atoms with Gasteiger partial charge in [-0.3, -0.25) is 4.79 Å². The molecule has 0 aliphatic heterocycles. The van der Waals surface area contributed by atoms with Crippen LogP contribution in [0.3, 0.4) is 0 Å². The molecule has 7 nitrogen and oxygen atoms in total. The van der Waals surface area contributed by atoms with Gasteiger partial charge in [0.05, 0.1) is 28.4 Å². The Bertz CT molecular complexity index is 1710. The predicted octanol–water partition coefficient (Wildman–Crippen LogP) is 6.88. The van der Waals surface area contributed by atoms with Gasteiger partial charge in [-0.1, -0.05) is 29.8 Å². The van der Waals surface area contributed by atoms with Crippen molar-refractivity contribution in [1.82, 2.24) is 9.97 Å². The minimum atomic E-state index is -4.74. The molecule has 0 aliphatic rings. The molecule has 0 aliphatic carbocycles. The summed E-state index contributed by atoms with van der Waals surface area (Å²) in [6.07, 6.45) is -4.74. The highest BCUT2D eigenvalue weighted by Crippen LogP contribution is 2.37. The fourth-order valence-corrected chi connectivity index (χ4v) is 4.28. The number of hydrogen-bond donors (Lipinski definition) is 3. The van der Waals surface area contributed by atoms with Crippen LogP contribution in [0.5, 0.6) is 0 Å². The molecule has 1 unspecified atom stereocenters. The molecule has 37 heavy (non-hydrogen) atoms. The van der Waals surface area contributed by atoms with E-state index in [4.69, 9.17) is 16.0 Å². The van der Waals surface area contributed by atoms with Crippen LogP contribution in [0.1, 0.15) is 34.6 Å². The first-order valence-corrected chi connectivity index (χ1v) is 11.3. The molecule has 0 saturated carbocycles. The summed E-state index contributed by atoms with van der Waals surface area (Å²) in [5, 5.41) is 12.9. The van der Waals surface area contributed by atoms with Crippen LogP contribution in [0.15, 0.2) is 69.9 Å². The van der Waals surface area contributed by atoms with E-state index in [1.807, 2.05) is 24.3 Å². The largest absolute Gasteiger partial charge is 0.476 e. The number of benzene rings is 2. The Morgan fingerprint density at radius 3 is 2.59 bits per heavy atom. The third-order valence-corrected chi connectivity index (χ3v) is 6.09. The van der Waals surface area contributed by atoms with Gasteiger partial charge in [0, 0.05) is 22.5 Å². The Balaban J connectivity index is 1.69. The third kappa shape index (κ3) is 4.63. The van der Waals surface area contributed by atoms with E-state index >= 15 is 0 Å². The zero-order valence-electron chi connectivity index (χ0n) is 19.0. The third-order valence-electron chi connectivity index (χ3n) is 5.88. The second-order valence-corrected chi connectivity index (χ2v) is 8.77. The number of hydrogen-bond acceptors (Lipinski definition) is 5. The monoisotopic (exact) mass is 527 g/mol. The molecule has 2 aromatic carbocycles. The Hall–Kier alpha value is -4.31. The number of carboxylic acid groups (broad SMARTS) is 1. The van der Waals surface area contributed by atoms with E-state index in [0.717, 1.165) is 29.1 Å². The highest BCUT2D eigenvalue weighted by atomic mass is 35.5. The van der Waals surface area contributed by atoms with Crippen LogP contribution in [0.4, 0.5) is 18.9 Å². The van der Waals surface area contributed by atoms with Crippen molar-refractivity contribution in [2.45, 2.75) is 19.1 Å². The van der Waals surface area contributed by atoms with Gasteiger partial charge in [-0.25, -0.2) is 9.78 Å². The Kier molecular flexibility index (Phi) is 5.91. The normalized spacial score (nSPS) is 12.7. The molecule has 11 heteroatoms. The zero-order chi connectivity index (χ0) is 26.5. The average molecular weight is 528 g/mol. The van der Waals surface area contributed by atoms with Crippen LogP contribution >= 0.6 is 11.6 Å². The molecular weight excluding hydrogens is 511 g/mol. The van der Waals surface area contributed by atoms with Crippen LogP contribution in [-0.2, 0) is 6.18 Å². The average Bonchev–Trinajstić information content (AvgIpc) is 3.28. The number of anilines is 1. The van der Waals surface area contributed by atoms with Crippen molar-refractivity contribution < 1.29 is 27.5 Å². The van der Waals surface area contributed by atoms with Gasteiger partial charge in [0.1, 0.15) is 10.7 Å². The number of H-pyrrole nitrogens is 1. The van der Waals surface area contributed by atoms with Gasteiger partial charge in [-0.15, -0.1) is 0 Å². The lowest BCUT2D eigenvalue weighted by Gasteiger charge is -2.20. The maximum absolute atomic E-state index is 13.7. The molecule has 3 aromatic heterocycles. The molecule has 3 N–H and O–H groups in total. The molecule has 3 heterocycles. The van der Waals surface area contributed by atoms with E-state index in [0.29, 0.717) is 5.69 Å². The van der Waals surface area contributed by atoms with E-state index in [9.17, 15) is 27.9 Å². The first-order valence-electron chi connectivity index (χ1n) is 10.9. The summed E-state index contributed by atoms with van der Waals surface area (Å²) in [5.41, 5.74) is -0.865. The molecule has 0 bridgehead atoms. The summed E-state index contributed by atoms with van der Waals surface area (Å²) in [4.78, 5) is 31.6. The van der Waals surface area contributed by atoms with Gasteiger partial charge >= 0.3 is 12.1 Å². The highest BCUT2D eigenvalue weighted by molar-refractivity contribution is 6.29. The summed E-state index contributed by atoms with van der Waals surface area (Å²) >= 11 is 5.81. The number of nitrogens with one attached hydrogen (secondary N) is 2. The SMILES string of the molecule is CC(Nc1ccc(Cl)nc1C(=O)O)c1cc(C(F)(F)F)cc2c(=O)cc(-c3cc4ccccc4[nH]3)oc12. The number of alkyl halides is 3. The zero-order valence-corrected chi connectivity index (χ0v) is 19.7. The molecule has 188 valence electrons. The Morgan fingerprint density at radius 1 is 1.14 bits per heavy atom. The summed E-state index contributed by atoms with van der Waals surface area (Å²) in [6.45, 7) is 1.52. The van der Waals surface area contributed by atoms with E-state index in [2.05, 4.69) is 15.3 Å². The molecule has 0 amide bonds. The van der Waals surface area contributed by atoms with Crippen LogP contribution in [-0.4, -0.2) is 21.0 Å². The summed E-state index contributed by atoms with van der Waals surface area (Å²) < 4.78 is 47.2. The molecule has 0 fully saturated rings. The molecule has 0 spiro atoms. The van der Waals surface area contributed by atoms with Crippen LogP contribution in [0.2, 0.25) is 5.15 Å². The van der Waals surface area contributed by atoms with Gasteiger partial charge in [0.15, 0.2) is 16.9 Å². The van der Waals surface area contributed by atoms with Crippen molar-refractivity contribution in [3.05, 3.63) is 92.9 Å². The molecular formula is C26H17ClF3N3O4. The Labute approximate surface area is 211 Å². The molecule has 0 saturated heterocycles. The molecule has 1 atom stereocenters. The lowest BCUT2D eigenvalue weighted by molar-refractivity contribution is -0.137. The summed E-state index contributed by atoms with van der Waals surface area (Å²) in [5.74, 6) is -1.24. The quantitative estimate of drug-likeness (QED) is 0.215. The van der Waals surface area contributed by atoms with E-state index in [1.165, 1.54) is 19.1 Å². The van der Waals surface area contributed by atoms with Crippen molar-refractivity contribution >= 4 is 45.1 Å². The van der Waals surface area contributed by atoms with Gasteiger partial charge in [-0.2, -0.15) is 13.2 Å². The van der Waals surface area contributed by atoms with Crippen LogP contribution in [0.25, 0.3) is 33.3 Å². The van der Waals surface area contributed by atoms with Gasteiger partial charge in [0.25, 0.3) is 0 Å². The Morgan fingerprint density at radius 2 is 1.89 bits per heavy atom. The fourth-order valence-electron chi connectivity index (χ4n) is 4.13. The van der Waals surface area contributed by atoms with Crippen molar-refractivity contribution in [2.24, 2.45) is 0 Å².